The van der Waals surface area contributed by atoms with Gasteiger partial charge in [-0.25, -0.2) is 0 Å². The van der Waals surface area contributed by atoms with Gasteiger partial charge < -0.3 is 16.4 Å². The summed E-state index contributed by atoms with van der Waals surface area (Å²) in [5.41, 5.74) is 6.40. The van der Waals surface area contributed by atoms with Gasteiger partial charge in [0.05, 0.1) is 0 Å². The van der Waals surface area contributed by atoms with Crippen molar-refractivity contribution in [1.29, 1.82) is 0 Å². The van der Waals surface area contributed by atoms with E-state index in [1.54, 1.807) is 0 Å². The third-order valence-corrected chi connectivity index (χ3v) is 4.96. The summed E-state index contributed by atoms with van der Waals surface area (Å²) in [5.74, 6) is 0.693. The average molecular weight is 342 g/mol. The molecule has 0 saturated heterocycles. The zero-order valence-corrected chi connectivity index (χ0v) is 17.0. The van der Waals surface area contributed by atoms with Crippen molar-refractivity contribution in [2.45, 2.75) is 104 Å². The fourth-order valence-corrected chi connectivity index (χ4v) is 3.37. The number of unbranched alkanes of at least 4 members (excludes halogenated alkanes) is 6. The van der Waals surface area contributed by atoms with Gasteiger partial charge in [0.25, 0.3) is 0 Å². The van der Waals surface area contributed by atoms with Crippen molar-refractivity contribution >= 4 is 0 Å². The van der Waals surface area contributed by atoms with Gasteiger partial charge in [-0.1, -0.05) is 65.7 Å². The lowest BCUT2D eigenvalue weighted by Crippen LogP contribution is -2.40. The molecule has 0 aliphatic rings. The van der Waals surface area contributed by atoms with Crippen LogP contribution < -0.4 is 16.4 Å². The van der Waals surface area contributed by atoms with E-state index in [0.717, 1.165) is 13.1 Å². The number of nitrogens with one attached hydrogen (secondary N) is 2. The van der Waals surface area contributed by atoms with Gasteiger partial charge in [0.1, 0.15) is 0 Å². The molecule has 3 heteroatoms. The van der Waals surface area contributed by atoms with Gasteiger partial charge in [-0.3, -0.25) is 0 Å². The second kappa shape index (κ2) is 19.2. The number of nitrogens with two attached hydrogens (primary N) is 1. The van der Waals surface area contributed by atoms with Crippen LogP contribution in [0.2, 0.25) is 0 Å². The van der Waals surface area contributed by atoms with E-state index in [2.05, 4.69) is 31.4 Å². The van der Waals surface area contributed by atoms with Crippen LogP contribution in [0.25, 0.3) is 0 Å². The Balaban J connectivity index is 3.52. The van der Waals surface area contributed by atoms with E-state index in [1.165, 1.54) is 90.1 Å². The molecule has 0 aromatic carbocycles. The molecule has 0 heterocycles. The molecule has 0 bridgehead atoms. The van der Waals surface area contributed by atoms with E-state index in [4.69, 9.17) is 5.73 Å². The lowest BCUT2D eigenvalue weighted by molar-refractivity contribution is 0.341. The highest BCUT2D eigenvalue weighted by Crippen LogP contribution is 2.17. The van der Waals surface area contributed by atoms with E-state index in [0.29, 0.717) is 12.0 Å². The molecule has 24 heavy (non-hydrogen) atoms. The van der Waals surface area contributed by atoms with Crippen molar-refractivity contribution in [1.82, 2.24) is 10.6 Å². The maximum atomic E-state index is 6.40. The first-order valence-corrected chi connectivity index (χ1v) is 10.9. The number of hydrogen-bond donors (Lipinski definition) is 3. The normalized spacial score (nSPS) is 14.0. The summed E-state index contributed by atoms with van der Waals surface area (Å²) in [4.78, 5) is 0. The fraction of sp³-hybridized carbons (Fsp3) is 1.00. The molecule has 0 saturated carbocycles. The molecule has 0 rings (SSSR count). The average Bonchev–Trinajstić information content (AvgIpc) is 2.58. The lowest BCUT2D eigenvalue weighted by atomic mass is 9.90. The van der Waals surface area contributed by atoms with Crippen molar-refractivity contribution < 1.29 is 0 Å². The smallest absolute Gasteiger partial charge is 0.0193 e. The third-order valence-electron chi connectivity index (χ3n) is 4.96. The van der Waals surface area contributed by atoms with E-state index >= 15 is 0 Å². The van der Waals surface area contributed by atoms with Gasteiger partial charge in [0.2, 0.25) is 0 Å². The molecular formula is C21H47N3. The van der Waals surface area contributed by atoms with E-state index in [1.807, 2.05) is 0 Å². The minimum atomic E-state index is 0.326. The molecule has 0 amide bonds. The molecule has 0 aliphatic heterocycles. The van der Waals surface area contributed by atoms with Crippen LogP contribution in [0, 0.1) is 5.92 Å². The van der Waals surface area contributed by atoms with Crippen molar-refractivity contribution in [2.24, 2.45) is 11.7 Å². The number of hydrogen-bond acceptors (Lipinski definition) is 3. The molecule has 0 spiro atoms. The Morgan fingerprint density at radius 1 is 0.625 bits per heavy atom. The van der Waals surface area contributed by atoms with Crippen LogP contribution in [-0.4, -0.2) is 32.2 Å². The SMILES string of the molecule is CCCCCCCCNCCCCC(CCC)C(N)CNCCC. The zero-order chi connectivity index (χ0) is 17.9. The molecule has 0 aromatic heterocycles. The zero-order valence-electron chi connectivity index (χ0n) is 17.0. The fourth-order valence-electron chi connectivity index (χ4n) is 3.37. The Kier molecular flexibility index (Phi) is 19.1. The Morgan fingerprint density at radius 2 is 1.29 bits per heavy atom. The maximum absolute atomic E-state index is 6.40. The predicted octanol–water partition coefficient (Wildman–Crippen LogP) is 4.85. The Labute approximate surface area is 152 Å². The van der Waals surface area contributed by atoms with Gasteiger partial charge in [-0.15, -0.1) is 0 Å². The monoisotopic (exact) mass is 341 g/mol. The largest absolute Gasteiger partial charge is 0.326 e. The summed E-state index contributed by atoms with van der Waals surface area (Å²) in [6.07, 6.45) is 15.9. The van der Waals surface area contributed by atoms with E-state index < -0.39 is 0 Å². The minimum Gasteiger partial charge on any atom is -0.326 e. The second-order valence-corrected chi connectivity index (χ2v) is 7.43. The summed E-state index contributed by atoms with van der Waals surface area (Å²) >= 11 is 0. The van der Waals surface area contributed by atoms with Crippen molar-refractivity contribution in [3.63, 3.8) is 0 Å². The Hall–Kier alpha value is -0.120. The summed E-state index contributed by atoms with van der Waals surface area (Å²) in [5, 5.41) is 7.09. The first-order chi connectivity index (χ1) is 11.8. The molecule has 0 aromatic rings. The van der Waals surface area contributed by atoms with Crippen LogP contribution in [0.15, 0.2) is 0 Å². The first kappa shape index (κ1) is 23.9. The van der Waals surface area contributed by atoms with E-state index in [9.17, 15) is 0 Å². The van der Waals surface area contributed by atoms with Crippen molar-refractivity contribution in [2.75, 3.05) is 26.2 Å². The van der Waals surface area contributed by atoms with Gasteiger partial charge in [0.15, 0.2) is 0 Å². The second-order valence-electron chi connectivity index (χ2n) is 7.43. The highest BCUT2D eigenvalue weighted by molar-refractivity contribution is 4.75. The van der Waals surface area contributed by atoms with Crippen LogP contribution in [0.5, 0.6) is 0 Å². The molecule has 3 nitrogen and oxygen atoms in total. The summed E-state index contributed by atoms with van der Waals surface area (Å²) in [7, 11) is 0. The quantitative estimate of drug-likeness (QED) is 0.294. The highest BCUT2D eigenvalue weighted by atomic mass is 14.9. The molecule has 146 valence electrons. The third kappa shape index (κ3) is 15.4. The Bertz CT molecular complexity index is 233. The molecule has 0 fully saturated rings. The van der Waals surface area contributed by atoms with Gasteiger partial charge in [0, 0.05) is 12.6 Å². The highest BCUT2D eigenvalue weighted by Gasteiger charge is 2.16. The summed E-state index contributed by atoms with van der Waals surface area (Å²) in [6.45, 7) is 11.2. The van der Waals surface area contributed by atoms with Gasteiger partial charge in [-0.2, -0.15) is 0 Å². The maximum Gasteiger partial charge on any atom is 0.0193 e. The molecule has 0 radical (unpaired) electrons. The van der Waals surface area contributed by atoms with Crippen molar-refractivity contribution in [3.05, 3.63) is 0 Å². The summed E-state index contributed by atoms with van der Waals surface area (Å²) in [6, 6.07) is 0.326. The van der Waals surface area contributed by atoms with E-state index in [-0.39, 0.29) is 0 Å². The topological polar surface area (TPSA) is 50.1 Å². The van der Waals surface area contributed by atoms with Crippen LogP contribution in [0.3, 0.4) is 0 Å². The minimum absolute atomic E-state index is 0.326. The lowest BCUT2D eigenvalue weighted by Gasteiger charge is -2.24. The molecule has 0 aliphatic carbocycles. The summed E-state index contributed by atoms with van der Waals surface area (Å²) < 4.78 is 0. The molecule has 4 N–H and O–H groups in total. The van der Waals surface area contributed by atoms with Crippen LogP contribution >= 0.6 is 0 Å². The van der Waals surface area contributed by atoms with Gasteiger partial charge in [-0.05, 0) is 57.7 Å². The Morgan fingerprint density at radius 3 is 1.96 bits per heavy atom. The van der Waals surface area contributed by atoms with Crippen LogP contribution in [0.4, 0.5) is 0 Å². The molecule has 2 atom stereocenters. The standard InChI is InChI=1S/C21H47N3/c1-4-7-8-9-10-12-17-23-18-13-11-15-20(14-5-2)21(22)19-24-16-6-3/h20-21,23-24H,4-19,22H2,1-3H3. The first-order valence-electron chi connectivity index (χ1n) is 10.9. The van der Waals surface area contributed by atoms with Gasteiger partial charge >= 0.3 is 0 Å². The predicted molar refractivity (Wildman–Crippen MR) is 110 cm³/mol. The number of rotatable bonds is 19. The van der Waals surface area contributed by atoms with Crippen LogP contribution in [0.1, 0.15) is 97.8 Å². The molecular weight excluding hydrogens is 294 g/mol. The van der Waals surface area contributed by atoms with Crippen molar-refractivity contribution in [3.8, 4) is 0 Å². The molecule has 2 unspecified atom stereocenters. The van der Waals surface area contributed by atoms with Crippen LogP contribution in [-0.2, 0) is 0 Å².